The predicted octanol–water partition coefficient (Wildman–Crippen LogP) is 3.99. The third-order valence-corrected chi connectivity index (χ3v) is 3.85. The summed E-state index contributed by atoms with van der Waals surface area (Å²) in [4.78, 5) is 17.9. The Bertz CT molecular complexity index is 1170. The van der Waals surface area contributed by atoms with E-state index in [1.54, 1.807) is 18.6 Å². The highest BCUT2D eigenvalue weighted by molar-refractivity contribution is 5.99. The Morgan fingerprint density at radius 2 is 1.57 bits per heavy atom. The molecule has 23 heavy (non-hydrogen) atoms. The summed E-state index contributed by atoms with van der Waals surface area (Å²) in [5.41, 5.74) is 5.17. The fourth-order valence-electron chi connectivity index (χ4n) is 2.80. The van der Waals surface area contributed by atoms with Gasteiger partial charge >= 0.3 is 0 Å². The molecule has 0 aliphatic carbocycles. The summed E-state index contributed by atoms with van der Waals surface area (Å²) < 4.78 is 5.77. The molecule has 0 bridgehead atoms. The topological polar surface area (TPSA) is 64.7 Å². The van der Waals surface area contributed by atoms with Crippen LogP contribution in [0, 0.1) is 0 Å². The summed E-state index contributed by atoms with van der Waals surface area (Å²) >= 11 is 0. The molecule has 0 fully saturated rings. The van der Waals surface area contributed by atoms with Crippen LogP contribution < -0.4 is 0 Å². The Balaban J connectivity index is 1.81. The van der Waals surface area contributed by atoms with Gasteiger partial charge in [-0.2, -0.15) is 0 Å². The Kier molecular flexibility index (Phi) is 2.43. The molecule has 0 aliphatic rings. The summed E-state index contributed by atoms with van der Waals surface area (Å²) in [5.74, 6) is 0. The van der Waals surface area contributed by atoms with Crippen molar-refractivity contribution in [3.8, 4) is 11.3 Å². The van der Waals surface area contributed by atoms with Crippen LogP contribution in [0.15, 0.2) is 65.5 Å². The van der Waals surface area contributed by atoms with Gasteiger partial charge in [-0.15, -0.1) is 0 Å². The van der Waals surface area contributed by atoms with Gasteiger partial charge in [-0.05, 0) is 18.2 Å². The van der Waals surface area contributed by atoms with Crippen molar-refractivity contribution in [1.29, 1.82) is 0 Å². The van der Waals surface area contributed by atoms with E-state index in [-0.39, 0.29) is 0 Å². The van der Waals surface area contributed by atoms with Gasteiger partial charge in [0.05, 0.1) is 17.4 Å². The zero-order chi connectivity index (χ0) is 15.2. The van der Waals surface area contributed by atoms with E-state index in [9.17, 15) is 0 Å². The highest BCUT2D eigenvalue weighted by atomic mass is 16.3. The lowest BCUT2D eigenvalue weighted by Crippen LogP contribution is -1.89. The van der Waals surface area contributed by atoms with Crippen LogP contribution in [0.25, 0.3) is 44.5 Å². The number of fused-ring (bicyclic) bond motifs is 4. The van der Waals surface area contributed by atoms with E-state index in [1.807, 2.05) is 42.5 Å². The molecule has 5 aromatic rings. The number of aromatic nitrogens is 4. The van der Waals surface area contributed by atoms with E-state index in [2.05, 4.69) is 19.9 Å². The third-order valence-electron chi connectivity index (χ3n) is 3.85. The minimum Gasteiger partial charge on any atom is -0.435 e. The van der Waals surface area contributed by atoms with Crippen LogP contribution in [0.2, 0.25) is 0 Å². The third kappa shape index (κ3) is 1.80. The van der Waals surface area contributed by atoms with Crippen molar-refractivity contribution < 1.29 is 4.42 Å². The van der Waals surface area contributed by atoms with Crippen molar-refractivity contribution in [1.82, 2.24) is 19.9 Å². The van der Waals surface area contributed by atoms with Gasteiger partial charge in [-0.1, -0.05) is 24.3 Å². The average molecular weight is 298 g/mol. The van der Waals surface area contributed by atoms with Gasteiger partial charge in [-0.3, -0.25) is 9.97 Å². The SMILES string of the molecule is c1cnc2c(-c3cnc4c(n3)oc3cccnc34)cccc2c1. The van der Waals surface area contributed by atoms with Crippen LogP contribution in [-0.2, 0) is 0 Å². The summed E-state index contributed by atoms with van der Waals surface area (Å²) in [6.07, 6.45) is 5.25. The molecule has 0 unspecified atom stereocenters. The van der Waals surface area contributed by atoms with E-state index < -0.39 is 0 Å². The van der Waals surface area contributed by atoms with Gasteiger partial charge in [0.15, 0.2) is 11.1 Å². The highest BCUT2D eigenvalue weighted by Crippen LogP contribution is 2.29. The number of hydrogen-bond donors (Lipinski definition) is 0. The smallest absolute Gasteiger partial charge is 0.248 e. The van der Waals surface area contributed by atoms with Gasteiger partial charge in [0.1, 0.15) is 5.52 Å². The Labute approximate surface area is 130 Å². The van der Waals surface area contributed by atoms with E-state index in [0.29, 0.717) is 16.8 Å². The van der Waals surface area contributed by atoms with Crippen LogP contribution >= 0.6 is 0 Å². The molecule has 0 radical (unpaired) electrons. The normalized spacial score (nSPS) is 11.5. The molecule has 0 saturated heterocycles. The number of hydrogen-bond acceptors (Lipinski definition) is 5. The van der Waals surface area contributed by atoms with Crippen LogP contribution in [0.1, 0.15) is 0 Å². The van der Waals surface area contributed by atoms with Crippen molar-refractivity contribution >= 4 is 33.2 Å². The number of para-hydroxylation sites is 1. The molecule has 0 saturated carbocycles. The second-order valence-electron chi connectivity index (χ2n) is 5.24. The van der Waals surface area contributed by atoms with Crippen LogP contribution in [0.3, 0.4) is 0 Å². The first-order valence-corrected chi connectivity index (χ1v) is 7.24. The fraction of sp³-hybridized carbons (Fsp3) is 0. The van der Waals surface area contributed by atoms with Gasteiger partial charge in [0, 0.05) is 23.3 Å². The van der Waals surface area contributed by atoms with Crippen LogP contribution in [-0.4, -0.2) is 19.9 Å². The minimum atomic E-state index is 0.490. The van der Waals surface area contributed by atoms with Crippen molar-refractivity contribution in [2.24, 2.45) is 0 Å². The maximum Gasteiger partial charge on any atom is 0.248 e. The first kappa shape index (κ1) is 12.2. The molecule has 0 aliphatic heterocycles. The molecule has 4 heterocycles. The molecular weight excluding hydrogens is 288 g/mol. The van der Waals surface area contributed by atoms with Gasteiger partial charge in [0.2, 0.25) is 5.71 Å². The Hall–Kier alpha value is -3.34. The molecule has 0 atom stereocenters. The number of nitrogens with zero attached hydrogens (tertiary/aromatic N) is 4. The number of benzene rings is 1. The molecule has 4 aromatic heterocycles. The summed E-state index contributed by atoms with van der Waals surface area (Å²) in [7, 11) is 0. The number of rotatable bonds is 1. The largest absolute Gasteiger partial charge is 0.435 e. The predicted molar refractivity (Wildman–Crippen MR) is 87.8 cm³/mol. The second-order valence-corrected chi connectivity index (χ2v) is 5.24. The van der Waals surface area contributed by atoms with E-state index in [4.69, 9.17) is 4.42 Å². The summed E-state index contributed by atoms with van der Waals surface area (Å²) in [5, 5.41) is 1.07. The van der Waals surface area contributed by atoms with E-state index >= 15 is 0 Å². The Morgan fingerprint density at radius 3 is 2.52 bits per heavy atom. The van der Waals surface area contributed by atoms with Crippen molar-refractivity contribution in [2.45, 2.75) is 0 Å². The van der Waals surface area contributed by atoms with Gasteiger partial charge < -0.3 is 4.42 Å². The molecule has 5 nitrogen and oxygen atoms in total. The maximum absolute atomic E-state index is 5.77. The summed E-state index contributed by atoms with van der Waals surface area (Å²) in [6.45, 7) is 0. The zero-order valence-electron chi connectivity index (χ0n) is 12.0. The Morgan fingerprint density at radius 1 is 0.739 bits per heavy atom. The molecule has 0 amide bonds. The van der Waals surface area contributed by atoms with Gasteiger partial charge in [-0.25, -0.2) is 9.97 Å². The quantitative estimate of drug-likeness (QED) is 0.468. The van der Waals surface area contributed by atoms with E-state index in [0.717, 1.165) is 27.7 Å². The monoisotopic (exact) mass is 298 g/mol. The summed E-state index contributed by atoms with van der Waals surface area (Å²) in [6, 6.07) is 13.7. The average Bonchev–Trinajstić information content (AvgIpc) is 2.99. The lowest BCUT2D eigenvalue weighted by atomic mass is 10.1. The molecule has 0 N–H and O–H groups in total. The number of furan rings is 1. The standard InChI is InChI=1S/C18H10N4O/c1-4-11-5-2-8-19-15(11)12(6-1)13-10-21-17-16-14(7-3-9-20-16)23-18(17)22-13/h1-10H. The van der Waals surface area contributed by atoms with Crippen LogP contribution in [0.4, 0.5) is 0 Å². The van der Waals surface area contributed by atoms with Crippen molar-refractivity contribution in [3.63, 3.8) is 0 Å². The van der Waals surface area contributed by atoms with E-state index in [1.165, 1.54) is 0 Å². The lowest BCUT2D eigenvalue weighted by molar-refractivity contribution is 0.653. The first-order valence-electron chi connectivity index (χ1n) is 7.24. The van der Waals surface area contributed by atoms with Crippen molar-refractivity contribution in [3.05, 3.63) is 61.1 Å². The first-order chi connectivity index (χ1) is 11.4. The molecule has 108 valence electrons. The maximum atomic E-state index is 5.77. The highest BCUT2D eigenvalue weighted by Gasteiger charge is 2.13. The lowest BCUT2D eigenvalue weighted by Gasteiger charge is -2.04. The number of pyridine rings is 2. The molecule has 0 spiro atoms. The molecule has 5 rings (SSSR count). The van der Waals surface area contributed by atoms with Crippen molar-refractivity contribution in [2.75, 3.05) is 0 Å². The van der Waals surface area contributed by atoms with Crippen LogP contribution in [0.5, 0.6) is 0 Å². The second kappa shape index (κ2) is 4.58. The fourth-order valence-corrected chi connectivity index (χ4v) is 2.80. The zero-order valence-corrected chi connectivity index (χ0v) is 12.0. The molecule has 5 heteroatoms. The van der Waals surface area contributed by atoms with Gasteiger partial charge in [0.25, 0.3) is 0 Å². The minimum absolute atomic E-state index is 0.490. The molecular formula is C18H10N4O. The molecule has 1 aromatic carbocycles.